The molecular formula is C17H21ClN2O4S2. The Bertz CT molecular complexity index is 854. The van der Waals surface area contributed by atoms with Crippen molar-refractivity contribution in [3.8, 4) is 5.75 Å². The first kappa shape index (κ1) is 19.5. The molecule has 1 aromatic rings. The molecule has 3 rings (SSSR count). The minimum absolute atomic E-state index is 0.0255. The molecule has 0 aromatic heterocycles. The molecule has 142 valence electrons. The SMILES string of the molecule is COc1ccc(Cl)cc1N1C(=NC(=O)CC(C)C)SC2CS(=O)(=O)CC21. The molecule has 0 N–H and O–H groups in total. The molecule has 2 atom stereocenters. The number of hydrogen-bond acceptors (Lipinski definition) is 5. The number of hydrogen-bond donors (Lipinski definition) is 0. The number of ether oxygens (including phenoxy) is 1. The van der Waals surface area contributed by atoms with Crippen molar-refractivity contribution in [3.63, 3.8) is 0 Å². The lowest BCUT2D eigenvalue weighted by molar-refractivity contribution is -0.118. The van der Waals surface area contributed by atoms with Gasteiger partial charge in [0.2, 0.25) is 5.91 Å². The van der Waals surface area contributed by atoms with Gasteiger partial charge in [0.25, 0.3) is 0 Å². The van der Waals surface area contributed by atoms with Crippen LogP contribution in [0.15, 0.2) is 23.2 Å². The Morgan fingerprint density at radius 2 is 2.15 bits per heavy atom. The Labute approximate surface area is 162 Å². The van der Waals surface area contributed by atoms with Crippen LogP contribution in [0.5, 0.6) is 5.75 Å². The molecule has 2 fully saturated rings. The summed E-state index contributed by atoms with van der Waals surface area (Å²) in [6, 6.07) is 4.86. The predicted octanol–water partition coefficient (Wildman–Crippen LogP) is 3.00. The molecule has 2 aliphatic heterocycles. The Morgan fingerprint density at radius 3 is 2.81 bits per heavy atom. The van der Waals surface area contributed by atoms with Crippen LogP contribution < -0.4 is 9.64 Å². The number of anilines is 1. The van der Waals surface area contributed by atoms with Gasteiger partial charge in [0.05, 0.1) is 30.3 Å². The van der Waals surface area contributed by atoms with E-state index in [1.54, 1.807) is 25.3 Å². The normalized spacial score (nSPS) is 25.7. The summed E-state index contributed by atoms with van der Waals surface area (Å²) in [7, 11) is -1.58. The average molecular weight is 417 g/mol. The first-order chi connectivity index (χ1) is 12.2. The highest BCUT2D eigenvalue weighted by molar-refractivity contribution is 8.16. The second-order valence-electron chi connectivity index (χ2n) is 6.87. The Morgan fingerprint density at radius 1 is 1.42 bits per heavy atom. The summed E-state index contributed by atoms with van der Waals surface area (Å²) in [4.78, 5) is 18.3. The number of amidine groups is 1. The number of carbonyl (C=O) groups is 1. The van der Waals surface area contributed by atoms with Gasteiger partial charge < -0.3 is 9.64 Å². The second kappa shape index (κ2) is 7.40. The zero-order valence-corrected chi connectivity index (χ0v) is 17.2. The third-order valence-corrected chi connectivity index (χ3v) is 7.72. The maximum atomic E-state index is 12.3. The van der Waals surface area contributed by atoms with E-state index in [-0.39, 0.29) is 34.6 Å². The Kier molecular flexibility index (Phi) is 5.55. The molecule has 6 nitrogen and oxygen atoms in total. The van der Waals surface area contributed by atoms with Gasteiger partial charge in [-0.1, -0.05) is 37.2 Å². The first-order valence-electron chi connectivity index (χ1n) is 8.31. The lowest BCUT2D eigenvalue weighted by atomic mass is 10.1. The van der Waals surface area contributed by atoms with Crippen LogP contribution in [-0.4, -0.2) is 49.4 Å². The molecule has 0 spiro atoms. The maximum absolute atomic E-state index is 12.3. The summed E-state index contributed by atoms with van der Waals surface area (Å²) in [6.07, 6.45) is 0.345. The van der Waals surface area contributed by atoms with Crippen molar-refractivity contribution in [2.45, 2.75) is 31.6 Å². The van der Waals surface area contributed by atoms with Gasteiger partial charge in [-0.3, -0.25) is 4.79 Å². The number of nitrogens with zero attached hydrogens (tertiary/aromatic N) is 2. The number of carbonyl (C=O) groups excluding carboxylic acids is 1. The van der Waals surface area contributed by atoms with Crippen LogP contribution in [0.3, 0.4) is 0 Å². The molecule has 26 heavy (non-hydrogen) atoms. The van der Waals surface area contributed by atoms with Gasteiger partial charge in [-0.15, -0.1) is 0 Å². The van der Waals surface area contributed by atoms with E-state index in [0.717, 1.165) is 0 Å². The molecule has 1 amide bonds. The summed E-state index contributed by atoms with van der Waals surface area (Å²) in [5.74, 6) is 0.657. The highest BCUT2D eigenvalue weighted by Crippen LogP contribution is 2.44. The van der Waals surface area contributed by atoms with E-state index in [4.69, 9.17) is 16.3 Å². The summed E-state index contributed by atoms with van der Waals surface area (Å²) in [6.45, 7) is 3.91. The van der Waals surface area contributed by atoms with Crippen LogP contribution in [0.2, 0.25) is 5.02 Å². The number of sulfone groups is 1. The van der Waals surface area contributed by atoms with Crippen LogP contribution in [-0.2, 0) is 14.6 Å². The highest BCUT2D eigenvalue weighted by atomic mass is 35.5. The third-order valence-electron chi connectivity index (χ3n) is 4.27. The van der Waals surface area contributed by atoms with E-state index in [0.29, 0.717) is 28.0 Å². The summed E-state index contributed by atoms with van der Waals surface area (Å²) < 4.78 is 29.7. The molecule has 2 unspecified atom stereocenters. The van der Waals surface area contributed by atoms with Crippen LogP contribution in [0.1, 0.15) is 20.3 Å². The molecule has 1 aromatic carbocycles. The van der Waals surface area contributed by atoms with Crippen molar-refractivity contribution >= 4 is 50.0 Å². The summed E-state index contributed by atoms with van der Waals surface area (Å²) in [5, 5.41) is 0.860. The van der Waals surface area contributed by atoms with E-state index in [1.165, 1.54) is 11.8 Å². The minimum atomic E-state index is -3.12. The lowest BCUT2D eigenvalue weighted by Gasteiger charge is -2.26. The number of thioether (sulfide) groups is 1. The largest absolute Gasteiger partial charge is 0.495 e. The predicted molar refractivity (Wildman–Crippen MR) is 106 cm³/mol. The fourth-order valence-electron chi connectivity index (χ4n) is 3.20. The van der Waals surface area contributed by atoms with E-state index < -0.39 is 9.84 Å². The second-order valence-corrected chi connectivity index (χ2v) is 10.7. The fourth-order valence-corrected chi connectivity index (χ4v) is 7.29. The number of rotatable bonds is 4. The van der Waals surface area contributed by atoms with Crippen molar-refractivity contribution in [1.29, 1.82) is 0 Å². The van der Waals surface area contributed by atoms with E-state index in [1.807, 2.05) is 18.7 Å². The van der Waals surface area contributed by atoms with Crippen LogP contribution in [0.4, 0.5) is 5.69 Å². The quantitative estimate of drug-likeness (QED) is 0.750. The average Bonchev–Trinajstić information content (AvgIpc) is 2.97. The zero-order chi connectivity index (χ0) is 19.1. The van der Waals surface area contributed by atoms with Gasteiger partial charge in [0.15, 0.2) is 15.0 Å². The number of benzene rings is 1. The molecule has 2 aliphatic rings. The van der Waals surface area contributed by atoms with E-state index >= 15 is 0 Å². The number of aliphatic imine (C=N–C) groups is 1. The monoisotopic (exact) mass is 416 g/mol. The molecule has 2 saturated heterocycles. The Balaban J connectivity index is 2.05. The standard InChI is InChI=1S/C17H21ClN2O4S2/c1-10(2)6-16(21)19-17-20(12-7-11(18)4-5-14(12)24-3)13-8-26(22,23)9-15(13)25-17/h4-5,7,10,13,15H,6,8-9H2,1-3H3. The number of methoxy groups -OCH3 is 1. The molecule has 0 radical (unpaired) electrons. The molecule has 2 heterocycles. The van der Waals surface area contributed by atoms with Crippen LogP contribution >= 0.6 is 23.4 Å². The minimum Gasteiger partial charge on any atom is -0.495 e. The Hall–Kier alpha value is -1.25. The van der Waals surface area contributed by atoms with Crippen molar-refractivity contribution in [3.05, 3.63) is 23.2 Å². The van der Waals surface area contributed by atoms with Gasteiger partial charge in [0, 0.05) is 16.7 Å². The topological polar surface area (TPSA) is 76.0 Å². The van der Waals surface area contributed by atoms with Crippen molar-refractivity contribution in [2.75, 3.05) is 23.5 Å². The van der Waals surface area contributed by atoms with Crippen molar-refractivity contribution in [1.82, 2.24) is 0 Å². The number of fused-ring (bicyclic) bond motifs is 1. The van der Waals surface area contributed by atoms with Gasteiger partial charge in [-0.2, -0.15) is 4.99 Å². The van der Waals surface area contributed by atoms with E-state index in [9.17, 15) is 13.2 Å². The molecule has 9 heteroatoms. The molecule has 0 aliphatic carbocycles. The fraction of sp³-hybridized carbons (Fsp3) is 0.529. The smallest absolute Gasteiger partial charge is 0.248 e. The van der Waals surface area contributed by atoms with Crippen molar-refractivity contribution < 1.29 is 17.9 Å². The van der Waals surface area contributed by atoms with Crippen molar-refractivity contribution in [2.24, 2.45) is 10.9 Å². The van der Waals surface area contributed by atoms with Gasteiger partial charge in [-0.25, -0.2) is 8.42 Å². The summed E-state index contributed by atoms with van der Waals surface area (Å²) >= 11 is 7.50. The first-order valence-corrected chi connectivity index (χ1v) is 11.4. The van der Waals surface area contributed by atoms with Gasteiger partial charge >= 0.3 is 0 Å². The number of halogens is 1. The van der Waals surface area contributed by atoms with Gasteiger partial charge in [-0.05, 0) is 24.1 Å². The maximum Gasteiger partial charge on any atom is 0.248 e. The zero-order valence-electron chi connectivity index (χ0n) is 14.8. The lowest BCUT2D eigenvalue weighted by Crippen LogP contribution is -2.38. The molecular weight excluding hydrogens is 396 g/mol. The van der Waals surface area contributed by atoms with Crippen LogP contribution in [0.25, 0.3) is 0 Å². The highest BCUT2D eigenvalue weighted by Gasteiger charge is 2.50. The number of amides is 1. The molecule has 0 saturated carbocycles. The van der Waals surface area contributed by atoms with E-state index in [2.05, 4.69) is 4.99 Å². The van der Waals surface area contributed by atoms with Crippen LogP contribution in [0, 0.1) is 5.92 Å². The molecule has 0 bridgehead atoms. The van der Waals surface area contributed by atoms with Gasteiger partial charge in [0.1, 0.15) is 5.75 Å². The third kappa shape index (κ3) is 4.02. The summed E-state index contributed by atoms with van der Waals surface area (Å²) in [5.41, 5.74) is 0.633.